The Hall–Kier alpha value is -2.36. The standard InChI is InChI=1S/C23H27FN2O/c24-21-11-3-1-7-18(21)9-5-13-23(27)26-15-6-10-20(26)17-25-16-14-19-8-2-4-12-22(19)25/h1-4,7-8,11-12,20H,5-6,9-10,13-17H2. The minimum absolute atomic E-state index is 0.170. The third-order valence-corrected chi connectivity index (χ3v) is 5.91. The maximum Gasteiger partial charge on any atom is 0.222 e. The van der Waals surface area contributed by atoms with Gasteiger partial charge in [-0.05, 0) is 55.4 Å². The second-order valence-corrected chi connectivity index (χ2v) is 7.65. The topological polar surface area (TPSA) is 23.6 Å². The van der Waals surface area contributed by atoms with Crippen LogP contribution in [0.25, 0.3) is 0 Å². The number of fused-ring (bicyclic) bond motifs is 1. The van der Waals surface area contributed by atoms with Crippen LogP contribution < -0.4 is 4.90 Å². The molecule has 2 heterocycles. The third kappa shape index (κ3) is 4.00. The van der Waals surface area contributed by atoms with Crippen LogP contribution in [0, 0.1) is 5.82 Å². The van der Waals surface area contributed by atoms with Gasteiger partial charge in [-0.15, -0.1) is 0 Å². The van der Waals surface area contributed by atoms with E-state index in [0.29, 0.717) is 30.9 Å². The van der Waals surface area contributed by atoms with Gasteiger partial charge in [0.15, 0.2) is 0 Å². The van der Waals surface area contributed by atoms with E-state index < -0.39 is 0 Å². The van der Waals surface area contributed by atoms with Crippen molar-refractivity contribution in [1.29, 1.82) is 0 Å². The summed E-state index contributed by atoms with van der Waals surface area (Å²) in [5, 5.41) is 0. The quantitative estimate of drug-likeness (QED) is 0.765. The van der Waals surface area contributed by atoms with Crippen molar-refractivity contribution in [3.8, 4) is 0 Å². The van der Waals surface area contributed by atoms with Crippen LogP contribution in [0.5, 0.6) is 0 Å². The summed E-state index contributed by atoms with van der Waals surface area (Å²) in [6.45, 7) is 2.83. The SMILES string of the molecule is O=C(CCCc1ccccc1F)N1CCCC1CN1CCc2ccccc21. The average molecular weight is 366 g/mol. The number of rotatable bonds is 6. The first-order chi connectivity index (χ1) is 13.2. The van der Waals surface area contributed by atoms with Gasteiger partial charge >= 0.3 is 0 Å². The fourth-order valence-electron chi connectivity index (χ4n) is 4.48. The lowest BCUT2D eigenvalue weighted by Gasteiger charge is -2.30. The molecule has 0 spiro atoms. The largest absolute Gasteiger partial charge is 0.369 e. The van der Waals surface area contributed by atoms with Crippen molar-refractivity contribution in [2.24, 2.45) is 0 Å². The van der Waals surface area contributed by atoms with Gasteiger partial charge in [-0.3, -0.25) is 4.79 Å². The molecule has 1 unspecified atom stereocenters. The number of nitrogens with zero attached hydrogens (tertiary/aromatic N) is 2. The first-order valence-electron chi connectivity index (χ1n) is 10.1. The van der Waals surface area contributed by atoms with Crippen LogP contribution in [-0.2, 0) is 17.6 Å². The fraction of sp³-hybridized carbons (Fsp3) is 0.435. The number of carbonyl (C=O) groups excluding carboxylic acids is 1. The predicted molar refractivity (Wildman–Crippen MR) is 106 cm³/mol. The van der Waals surface area contributed by atoms with Crippen molar-refractivity contribution in [2.75, 3.05) is 24.5 Å². The highest BCUT2D eigenvalue weighted by Gasteiger charge is 2.31. The van der Waals surface area contributed by atoms with Gasteiger partial charge in [-0.2, -0.15) is 0 Å². The molecule has 0 N–H and O–H groups in total. The van der Waals surface area contributed by atoms with Gasteiger partial charge in [0.1, 0.15) is 5.82 Å². The van der Waals surface area contributed by atoms with Crippen molar-refractivity contribution in [3.63, 3.8) is 0 Å². The van der Waals surface area contributed by atoms with Crippen molar-refractivity contribution in [1.82, 2.24) is 4.90 Å². The monoisotopic (exact) mass is 366 g/mol. The molecule has 142 valence electrons. The molecule has 27 heavy (non-hydrogen) atoms. The molecule has 2 aliphatic heterocycles. The van der Waals surface area contributed by atoms with E-state index in [4.69, 9.17) is 0 Å². The van der Waals surface area contributed by atoms with E-state index in [1.54, 1.807) is 6.07 Å². The fourth-order valence-corrected chi connectivity index (χ4v) is 4.48. The summed E-state index contributed by atoms with van der Waals surface area (Å²) in [6, 6.07) is 15.7. The predicted octanol–water partition coefficient (Wildman–Crippen LogP) is 4.20. The molecule has 4 heteroatoms. The molecule has 2 aromatic rings. The minimum Gasteiger partial charge on any atom is -0.369 e. The number of amides is 1. The van der Waals surface area contributed by atoms with Crippen LogP contribution in [0.4, 0.5) is 10.1 Å². The number of carbonyl (C=O) groups is 1. The normalized spacial score (nSPS) is 18.8. The highest BCUT2D eigenvalue weighted by molar-refractivity contribution is 5.77. The van der Waals surface area contributed by atoms with Gasteiger partial charge in [-0.25, -0.2) is 4.39 Å². The Kier molecular flexibility index (Phi) is 5.42. The first-order valence-corrected chi connectivity index (χ1v) is 10.1. The molecule has 0 aromatic heterocycles. The Morgan fingerprint density at radius 2 is 1.89 bits per heavy atom. The molecule has 3 nitrogen and oxygen atoms in total. The maximum atomic E-state index is 13.7. The van der Waals surface area contributed by atoms with E-state index in [2.05, 4.69) is 34.1 Å². The number of likely N-dealkylation sites (tertiary alicyclic amines) is 1. The second kappa shape index (κ2) is 8.12. The molecule has 0 bridgehead atoms. The Morgan fingerprint density at radius 3 is 2.78 bits per heavy atom. The number of para-hydroxylation sites is 1. The Labute approximate surface area is 160 Å². The Morgan fingerprint density at radius 1 is 1.07 bits per heavy atom. The van der Waals surface area contributed by atoms with Crippen LogP contribution in [0.15, 0.2) is 48.5 Å². The van der Waals surface area contributed by atoms with Crippen molar-refractivity contribution in [2.45, 2.75) is 44.6 Å². The van der Waals surface area contributed by atoms with Gasteiger partial charge in [0.05, 0.1) is 0 Å². The zero-order valence-corrected chi connectivity index (χ0v) is 15.7. The molecule has 0 saturated carbocycles. The molecular formula is C23H27FN2O. The maximum absolute atomic E-state index is 13.7. The van der Waals surface area contributed by atoms with Gasteiger partial charge in [-0.1, -0.05) is 36.4 Å². The molecule has 0 aliphatic carbocycles. The van der Waals surface area contributed by atoms with E-state index in [1.165, 1.54) is 17.3 Å². The van der Waals surface area contributed by atoms with Crippen molar-refractivity contribution in [3.05, 3.63) is 65.5 Å². The number of aryl methyl sites for hydroxylation is 1. The molecular weight excluding hydrogens is 339 g/mol. The van der Waals surface area contributed by atoms with Crippen LogP contribution in [-0.4, -0.2) is 36.5 Å². The molecule has 1 fully saturated rings. The molecule has 1 amide bonds. The lowest BCUT2D eigenvalue weighted by molar-refractivity contribution is -0.131. The molecule has 0 radical (unpaired) electrons. The number of anilines is 1. The summed E-state index contributed by atoms with van der Waals surface area (Å²) in [5.74, 6) is 0.0537. The van der Waals surface area contributed by atoms with Gasteiger partial charge < -0.3 is 9.80 Å². The van der Waals surface area contributed by atoms with Crippen LogP contribution in [0.3, 0.4) is 0 Å². The smallest absolute Gasteiger partial charge is 0.222 e. The summed E-state index contributed by atoms with van der Waals surface area (Å²) in [6.07, 6.45) is 5.09. The van der Waals surface area contributed by atoms with Crippen molar-refractivity contribution < 1.29 is 9.18 Å². The zero-order chi connectivity index (χ0) is 18.6. The summed E-state index contributed by atoms with van der Waals surface area (Å²) < 4.78 is 13.7. The molecule has 2 aromatic carbocycles. The van der Waals surface area contributed by atoms with Crippen molar-refractivity contribution >= 4 is 11.6 Å². The van der Waals surface area contributed by atoms with E-state index in [9.17, 15) is 9.18 Å². The Balaban J connectivity index is 1.32. The number of hydrogen-bond donors (Lipinski definition) is 0. The van der Waals surface area contributed by atoms with E-state index in [-0.39, 0.29) is 11.7 Å². The van der Waals surface area contributed by atoms with Crippen LogP contribution in [0.2, 0.25) is 0 Å². The molecule has 4 rings (SSSR count). The number of benzene rings is 2. The summed E-state index contributed by atoms with van der Waals surface area (Å²) >= 11 is 0. The molecule has 2 aliphatic rings. The summed E-state index contributed by atoms with van der Waals surface area (Å²) in [4.78, 5) is 17.3. The lowest BCUT2D eigenvalue weighted by Crippen LogP contribution is -2.43. The van der Waals surface area contributed by atoms with Crippen LogP contribution >= 0.6 is 0 Å². The average Bonchev–Trinajstić information content (AvgIpc) is 3.31. The van der Waals surface area contributed by atoms with Gasteiger partial charge in [0, 0.05) is 37.8 Å². The zero-order valence-electron chi connectivity index (χ0n) is 15.7. The number of halogens is 1. The van der Waals surface area contributed by atoms with E-state index in [1.807, 2.05) is 12.1 Å². The second-order valence-electron chi connectivity index (χ2n) is 7.65. The van der Waals surface area contributed by atoms with E-state index >= 15 is 0 Å². The third-order valence-electron chi connectivity index (χ3n) is 5.91. The minimum atomic E-state index is -0.170. The summed E-state index contributed by atoms with van der Waals surface area (Å²) in [7, 11) is 0. The highest BCUT2D eigenvalue weighted by atomic mass is 19.1. The van der Waals surface area contributed by atoms with Crippen LogP contribution in [0.1, 0.15) is 36.8 Å². The molecule has 1 atom stereocenters. The number of hydrogen-bond acceptors (Lipinski definition) is 2. The summed E-state index contributed by atoms with van der Waals surface area (Å²) in [5.41, 5.74) is 3.45. The van der Waals surface area contributed by atoms with E-state index in [0.717, 1.165) is 38.9 Å². The molecule has 1 saturated heterocycles. The first kappa shape index (κ1) is 18.0. The Bertz CT molecular complexity index is 806. The lowest BCUT2D eigenvalue weighted by atomic mass is 10.1. The highest BCUT2D eigenvalue weighted by Crippen LogP contribution is 2.30. The van der Waals surface area contributed by atoms with Gasteiger partial charge in [0.25, 0.3) is 0 Å². The van der Waals surface area contributed by atoms with Gasteiger partial charge in [0.2, 0.25) is 5.91 Å².